The van der Waals surface area contributed by atoms with Gasteiger partial charge in [-0.25, -0.2) is 0 Å². The number of hydrogen-bond acceptors (Lipinski definition) is 2. The molecule has 0 aromatic heterocycles. The van der Waals surface area contributed by atoms with Crippen LogP contribution in [-0.2, 0) is 11.2 Å². The van der Waals surface area contributed by atoms with Crippen LogP contribution in [0.25, 0.3) is 10.4 Å². The summed E-state index contributed by atoms with van der Waals surface area (Å²) in [5.74, 6) is 0. The van der Waals surface area contributed by atoms with Crippen molar-refractivity contribution in [2.75, 3.05) is 6.54 Å². The highest BCUT2D eigenvalue weighted by Gasteiger charge is 2.11. The van der Waals surface area contributed by atoms with Crippen molar-refractivity contribution in [1.29, 1.82) is 0 Å². The summed E-state index contributed by atoms with van der Waals surface area (Å²) in [5, 5.41) is 4.28. The summed E-state index contributed by atoms with van der Waals surface area (Å²) in [6.45, 7) is 4.27. The van der Waals surface area contributed by atoms with Gasteiger partial charge in [-0.2, -0.15) is 0 Å². The van der Waals surface area contributed by atoms with Gasteiger partial charge in [0.15, 0.2) is 0 Å². The number of rotatable bonds is 6. The van der Waals surface area contributed by atoms with E-state index in [0.29, 0.717) is 18.0 Å². The van der Waals surface area contributed by atoms with Crippen molar-refractivity contribution in [3.63, 3.8) is 0 Å². The van der Waals surface area contributed by atoms with Crippen molar-refractivity contribution in [3.8, 4) is 0 Å². The Balaban J connectivity index is 2.64. The SMILES string of the molecule is CC(C)OC(CN=[N+]=[N-])Cc1ccc(Cl)cc1. The van der Waals surface area contributed by atoms with E-state index in [9.17, 15) is 0 Å². The summed E-state index contributed by atoms with van der Waals surface area (Å²) in [6, 6.07) is 7.60. The molecule has 1 aromatic carbocycles. The van der Waals surface area contributed by atoms with Crippen LogP contribution in [0.3, 0.4) is 0 Å². The minimum absolute atomic E-state index is 0.0907. The largest absolute Gasteiger partial charge is 0.375 e. The van der Waals surface area contributed by atoms with Gasteiger partial charge in [-0.3, -0.25) is 0 Å². The first-order valence-corrected chi connectivity index (χ1v) is 5.90. The first kappa shape index (κ1) is 13.8. The van der Waals surface area contributed by atoms with Gasteiger partial charge in [-0.1, -0.05) is 28.8 Å². The molecule has 0 spiro atoms. The summed E-state index contributed by atoms with van der Waals surface area (Å²) >= 11 is 5.82. The molecule has 0 bridgehead atoms. The second-order valence-corrected chi connectivity index (χ2v) is 4.49. The lowest BCUT2D eigenvalue weighted by molar-refractivity contribution is 0.0138. The summed E-state index contributed by atoms with van der Waals surface area (Å²) in [5.41, 5.74) is 9.46. The molecule has 0 heterocycles. The minimum Gasteiger partial charge on any atom is -0.375 e. The van der Waals surface area contributed by atoms with E-state index >= 15 is 0 Å². The summed E-state index contributed by atoms with van der Waals surface area (Å²) in [4.78, 5) is 2.76. The molecule has 1 atom stereocenters. The Hall–Kier alpha value is -1.22. The number of ether oxygens (including phenoxy) is 1. The van der Waals surface area contributed by atoms with Gasteiger partial charge in [0, 0.05) is 9.93 Å². The van der Waals surface area contributed by atoms with Crippen LogP contribution in [-0.4, -0.2) is 18.8 Å². The van der Waals surface area contributed by atoms with Crippen LogP contribution in [0.15, 0.2) is 29.4 Å². The van der Waals surface area contributed by atoms with E-state index in [0.717, 1.165) is 5.56 Å². The van der Waals surface area contributed by atoms with Crippen molar-refractivity contribution < 1.29 is 4.74 Å². The Morgan fingerprint density at radius 1 is 1.35 bits per heavy atom. The zero-order valence-corrected chi connectivity index (χ0v) is 10.8. The Bertz CT molecular complexity index is 385. The minimum atomic E-state index is -0.0907. The molecule has 0 saturated heterocycles. The van der Waals surface area contributed by atoms with E-state index < -0.39 is 0 Å². The summed E-state index contributed by atoms with van der Waals surface area (Å²) in [6.07, 6.45) is 0.738. The average molecular weight is 254 g/mol. The third kappa shape index (κ3) is 5.59. The zero-order chi connectivity index (χ0) is 12.7. The molecule has 0 radical (unpaired) electrons. The lowest BCUT2D eigenvalue weighted by Gasteiger charge is -2.18. The molecule has 0 aliphatic rings. The molecule has 5 heteroatoms. The number of halogens is 1. The van der Waals surface area contributed by atoms with Crippen LogP contribution in [0.2, 0.25) is 5.02 Å². The van der Waals surface area contributed by atoms with Crippen molar-refractivity contribution >= 4 is 11.6 Å². The second-order valence-electron chi connectivity index (χ2n) is 4.05. The molecule has 0 saturated carbocycles. The van der Waals surface area contributed by atoms with Crippen LogP contribution < -0.4 is 0 Å². The van der Waals surface area contributed by atoms with Crippen LogP contribution in [0.1, 0.15) is 19.4 Å². The van der Waals surface area contributed by atoms with Gasteiger partial charge >= 0.3 is 0 Å². The summed E-state index contributed by atoms with van der Waals surface area (Å²) < 4.78 is 5.69. The van der Waals surface area contributed by atoms with Crippen molar-refractivity contribution in [2.24, 2.45) is 5.11 Å². The fourth-order valence-electron chi connectivity index (χ4n) is 1.55. The Morgan fingerprint density at radius 2 is 2.00 bits per heavy atom. The van der Waals surface area contributed by atoms with Crippen LogP contribution in [0.4, 0.5) is 0 Å². The Morgan fingerprint density at radius 3 is 2.53 bits per heavy atom. The highest BCUT2D eigenvalue weighted by atomic mass is 35.5. The van der Waals surface area contributed by atoms with Gasteiger partial charge in [-0.15, -0.1) is 0 Å². The summed E-state index contributed by atoms with van der Waals surface area (Å²) in [7, 11) is 0. The first-order valence-electron chi connectivity index (χ1n) is 5.52. The van der Waals surface area contributed by atoms with E-state index in [1.807, 2.05) is 38.1 Å². The standard InChI is InChI=1S/C12H16ClN3O/c1-9(2)17-12(8-15-16-14)7-10-3-5-11(13)6-4-10/h3-6,9,12H,7-8H2,1-2H3. The Kier molecular flexibility index (Phi) is 5.84. The molecule has 1 rings (SSSR count). The van der Waals surface area contributed by atoms with Crippen LogP contribution in [0.5, 0.6) is 0 Å². The van der Waals surface area contributed by atoms with Gasteiger partial charge in [0.25, 0.3) is 0 Å². The molecule has 1 aromatic rings. The van der Waals surface area contributed by atoms with Crippen molar-refractivity contribution in [1.82, 2.24) is 0 Å². The van der Waals surface area contributed by atoms with E-state index in [1.165, 1.54) is 0 Å². The third-order valence-electron chi connectivity index (χ3n) is 2.19. The van der Waals surface area contributed by atoms with Crippen molar-refractivity contribution in [3.05, 3.63) is 45.3 Å². The zero-order valence-electron chi connectivity index (χ0n) is 10.0. The van der Waals surface area contributed by atoms with Crippen LogP contribution >= 0.6 is 11.6 Å². The maximum atomic E-state index is 8.34. The number of hydrogen-bond donors (Lipinski definition) is 0. The number of nitrogens with zero attached hydrogens (tertiary/aromatic N) is 3. The van der Waals surface area contributed by atoms with Crippen LogP contribution in [0, 0.1) is 0 Å². The van der Waals surface area contributed by atoms with Gasteiger partial charge in [0.2, 0.25) is 0 Å². The quantitative estimate of drug-likeness (QED) is 0.430. The van der Waals surface area contributed by atoms with Gasteiger partial charge in [-0.05, 0) is 43.5 Å². The average Bonchev–Trinajstić information content (AvgIpc) is 2.28. The topological polar surface area (TPSA) is 58.0 Å². The van der Waals surface area contributed by atoms with Crippen molar-refractivity contribution in [2.45, 2.75) is 32.5 Å². The molecule has 0 aliphatic carbocycles. The fourth-order valence-corrected chi connectivity index (χ4v) is 1.68. The molecule has 0 fully saturated rings. The molecular weight excluding hydrogens is 238 g/mol. The molecule has 0 N–H and O–H groups in total. The van der Waals surface area contributed by atoms with Gasteiger partial charge < -0.3 is 4.74 Å². The molecule has 4 nitrogen and oxygen atoms in total. The molecule has 17 heavy (non-hydrogen) atoms. The predicted octanol–water partition coefficient (Wildman–Crippen LogP) is 3.99. The fraction of sp³-hybridized carbons (Fsp3) is 0.500. The smallest absolute Gasteiger partial charge is 0.0675 e. The van der Waals surface area contributed by atoms with Gasteiger partial charge in [0.05, 0.1) is 18.8 Å². The van der Waals surface area contributed by atoms with E-state index in [1.54, 1.807) is 0 Å². The second kappa shape index (κ2) is 7.17. The molecule has 1 unspecified atom stereocenters. The highest BCUT2D eigenvalue weighted by molar-refractivity contribution is 6.30. The maximum absolute atomic E-state index is 8.34. The molecular formula is C12H16ClN3O. The lowest BCUT2D eigenvalue weighted by Crippen LogP contribution is -2.23. The van der Waals surface area contributed by atoms with E-state index in [4.69, 9.17) is 21.9 Å². The Labute approximate surface area is 106 Å². The first-order chi connectivity index (χ1) is 8.11. The lowest BCUT2D eigenvalue weighted by atomic mass is 10.1. The molecule has 0 aliphatic heterocycles. The molecule has 92 valence electrons. The number of benzene rings is 1. The third-order valence-corrected chi connectivity index (χ3v) is 2.44. The predicted molar refractivity (Wildman–Crippen MR) is 69.2 cm³/mol. The molecule has 0 amide bonds. The van der Waals surface area contributed by atoms with Gasteiger partial charge in [0.1, 0.15) is 0 Å². The van der Waals surface area contributed by atoms with E-state index in [-0.39, 0.29) is 12.2 Å². The van der Waals surface area contributed by atoms with E-state index in [2.05, 4.69) is 10.0 Å². The monoisotopic (exact) mass is 253 g/mol. The maximum Gasteiger partial charge on any atom is 0.0675 e. The number of azide groups is 1. The normalized spacial score (nSPS) is 12.2. The highest BCUT2D eigenvalue weighted by Crippen LogP contribution is 2.13.